The number of rotatable bonds is 5. The van der Waals surface area contributed by atoms with Crippen LogP contribution in [0.15, 0.2) is 55.0 Å². The average molecular weight is 499 g/mol. The number of pyridine rings is 1. The first kappa shape index (κ1) is 24.3. The Morgan fingerprint density at radius 3 is 2.65 bits per heavy atom. The van der Waals surface area contributed by atoms with E-state index >= 15 is 0 Å². The van der Waals surface area contributed by atoms with Crippen LogP contribution in [0.25, 0.3) is 33.2 Å². The Kier molecular flexibility index (Phi) is 6.07. The van der Waals surface area contributed by atoms with Gasteiger partial charge in [0.15, 0.2) is 0 Å². The van der Waals surface area contributed by atoms with Gasteiger partial charge < -0.3 is 24.9 Å². The van der Waals surface area contributed by atoms with Crippen molar-refractivity contribution < 1.29 is 14.3 Å². The Labute approximate surface area is 214 Å². The fourth-order valence-corrected chi connectivity index (χ4v) is 4.65. The molecule has 0 unspecified atom stereocenters. The van der Waals surface area contributed by atoms with Crippen LogP contribution in [0.3, 0.4) is 0 Å². The molecule has 3 heterocycles. The highest BCUT2D eigenvalue weighted by Crippen LogP contribution is 2.38. The number of fused-ring (bicyclic) bond motifs is 4. The van der Waals surface area contributed by atoms with Crippen molar-refractivity contribution in [2.24, 2.45) is 7.05 Å². The summed E-state index contributed by atoms with van der Waals surface area (Å²) >= 11 is 0. The van der Waals surface area contributed by atoms with E-state index in [-0.39, 0.29) is 12.3 Å². The Bertz CT molecular complexity index is 1580. The molecule has 190 valence electrons. The smallest absolute Gasteiger partial charge is 0.408 e. The molecule has 5 rings (SSSR count). The Balaban J connectivity index is 1.47. The standard InChI is InChI=1S/C28H30N6O3/c1-16-19-8-6-7-9-23(19)34(5)25-24(16)20-12-17(10-11-21(20)32-25)31-26(35)22(13-18-14-29-15-30-18)33-27(36)37-28(2,3)4/h6-12,14-15,22H,13H2,1-5H3,(H,29,30)(H,31,35)(H,33,36)/t22-/m0/s1. The molecule has 0 saturated heterocycles. The Morgan fingerprint density at radius 1 is 1.14 bits per heavy atom. The number of para-hydroxylation sites is 1. The summed E-state index contributed by atoms with van der Waals surface area (Å²) in [5, 5.41) is 7.77. The van der Waals surface area contributed by atoms with Gasteiger partial charge in [-0.15, -0.1) is 0 Å². The van der Waals surface area contributed by atoms with Gasteiger partial charge in [0.2, 0.25) is 5.91 Å². The number of aryl methyl sites for hydroxylation is 2. The van der Waals surface area contributed by atoms with Crippen molar-refractivity contribution in [3.05, 3.63) is 66.2 Å². The van der Waals surface area contributed by atoms with Crippen LogP contribution in [0.1, 0.15) is 32.0 Å². The van der Waals surface area contributed by atoms with Crippen molar-refractivity contribution in [1.82, 2.24) is 24.8 Å². The van der Waals surface area contributed by atoms with E-state index in [4.69, 9.17) is 9.72 Å². The van der Waals surface area contributed by atoms with E-state index in [9.17, 15) is 9.59 Å². The summed E-state index contributed by atoms with van der Waals surface area (Å²) in [5.74, 6) is 0.523. The highest BCUT2D eigenvalue weighted by Gasteiger charge is 2.26. The van der Waals surface area contributed by atoms with Crippen molar-refractivity contribution in [3.8, 4) is 11.4 Å². The van der Waals surface area contributed by atoms with E-state index in [1.54, 1.807) is 27.0 Å². The van der Waals surface area contributed by atoms with Gasteiger partial charge in [-0.05, 0) is 57.5 Å². The molecule has 0 saturated carbocycles. The number of carbonyl (C=O) groups is 2. The maximum atomic E-state index is 13.3. The van der Waals surface area contributed by atoms with Gasteiger partial charge in [-0.25, -0.2) is 14.8 Å². The van der Waals surface area contributed by atoms with Crippen LogP contribution in [-0.2, 0) is 23.0 Å². The second-order valence-corrected chi connectivity index (χ2v) is 10.2. The van der Waals surface area contributed by atoms with Crippen molar-refractivity contribution in [1.29, 1.82) is 0 Å². The van der Waals surface area contributed by atoms with Crippen LogP contribution in [0.4, 0.5) is 10.5 Å². The lowest BCUT2D eigenvalue weighted by atomic mass is 10.00. The van der Waals surface area contributed by atoms with Gasteiger partial charge in [-0.2, -0.15) is 0 Å². The zero-order valence-electron chi connectivity index (χ0n) is 21.5. The lowest BCUT2D eigenvalue weighted by molar-refractivity contribution is -0.118. The number of amides is 2. The van der Waals surface area contributed by atoms with E-state index in [1.165, 1.54) is 6.33 Å². The molecular weight excluding hydrogens is 468 g/mol. The van der Waals surface area contributed by atoms with Crippen LogP contribution in [0, 0.1) is 6.92 Å². The lowest BCUT2D eigenvalue weighted by Gasteiger charge is -2.23. The van der Waals surface area contributed by atoms with Crippen LogP contribution in [0.2, 0.25) is 0 Å². The van der Waals surface area contributed by atoms with E-state index in [2.05, 4.69) is 44.2 Å². The molecule has 2 aliphatic rings. The van der Waals surface area contributed by atoms with Crippen LogP contribution >= 0.6 is 0 Å². The number of imidazole rings is 1. The average Bonchev–Trinajstić information content (AvgIpc) is 3.49. The van der Waals surface area contributed by atoms with Crippen molar-refractivity contribution in [2.45, 2.75) is 45.8 Å². The predicted molar refractivity (Wildman–Crippen MR) is 144 cm³/mol. The summed E-state index contributed by atoms with van der Waals surface area (Å²) in [6.45, 7) is 7.42. The molecule has 2 aliphatic heterocycles. The summed E-state index contributed by atoms with van der Waals surface area (Å²) in [5.41, 5.74) is 4.79. The molecule has 2 aromatic carbocycles. The maximum absolute atomic E-state index is 13.3. The first-order chi connectivity index (χ1) is 17.6. The minimum atomic E-state index is -0.871. The molecular formula is C28H30N6O3. The normalized spacial score (nSPS) is 12.7. The molecule has 2 amide bonds. The minimum Gasteiger partial charge on any atom is -0.444 e. The highest BCUT2D eigenvalue weighted by atomic mass is 16.6. The number of nitrogens with zero attached hydrogens (tertiary/aromatic N) is 3. The predicted octanol–water partition coefficient (Wildman–Crippen LogP) is 4.94. The van der Waals surface area contributed by atoms with Gasteiger partial charge in [0.1, 0.15) is 17.5 Å². The highest BCUT2D eigenvalue weighted by molar-refractivity contribution is 6.06. The van der Waals surface area contributed by atoms with Crippen molar-refractivity contribution in [3.63, 3.8) is 0 Å². The number of ether oxygens (including phenoxy) is 1. The largest absolute Gasteiger partial charge is 0.444 e. The summed E-state index contributed by atoms with van der Waals surface area (Å²) in [6.07, 6.45) is 2.72. The Hall–Kier alpha value is -4.40. The van der Waals surface area contributed by atoms with Gasteiger partial charge in [0.05, 0.1) is 11.8 Å². The number of hydrogen-bond donors (Lipinski definition) is 3. The Morgan fingerprint density at radius 2 is 1.92 bits per heavy atom. The first-order valence-electron chi connectivity index (χ1n) is 12.2. The molecule has 0 bridgehead atoms. The zero-order chi connectivity index (χ0) is 26.3. The first-order valence-corrected chi connectivity index (χ1v) is 12.2. The fraction of sp³-hybridized carbons (Fsp3) is 0.286. The van der Waals surface area contributed by atoms with E-state index in [0.29, 0.717) is 11.4 Å². The molecule has 1 atom stereocenters. The van der Waals surface area contributed by atoms with Gasteiger partial charge in [-0.1, -0.05) is 18.2 Å². The molecule has 9 heteroatoms. The number of hydrogen-bond acceptors (Lipinski definition) is 5. The SMILES string of the molecule is Cc1c2c3cc(NC(=O)[C@H](Cc4cnc[nH]4)NC(=O)OC(C)(C)C)ccc3nc-2n(C)c2ccccc12. The molecule has 0 radical (unpaired) electrons. The molecule has 0 spiro atoms. The lowest BCUT2D eigenvalue weighted by Crippen LogP contribution is -2.47. The quantitative estimate of drug-likeness (QED) is 0.318. The number of nitrogens with one attached hydrogen (secondary N) is 3. The third-order valence-corrected chi connectivity index (χ3v) is 6.33. The third-order valence-electron chi connectivity index (χ3n) is 6.33. The van der Waals surface area contributed by atoms with E-state index in [0.717, 1.165) is 38.8 Å². The molecule has 9 nitrogen and oxygen atoms in total. The van der Waals surface area contributed by atoms with E-state index in [1.807, 2.05) is 37.4 Å². The van der Waals surface area contributed by atoms with Gasteiger partial charge in [-0.3, -0.25) is 4.79 Å². The van der Waals surface area contributed by atoms with Crippen LogP contribution < -0.4 is 10.6 Å². The molecule has 0 aliphatic carbocycles. The summed E-state index contributed by atoms with van der Waals surface area (Å²) in [4.78, 5) is 37.7. The molecule has 0 fully saturated rings. The minimum absolute atomic E-state index is 0.231. The number of aromatic amines is 1. The molecule has 37 heavy (non-hydrogen) atoms. The topological polar surface area (TPSA) is 114 Å². The number of anilines is 1. The summed E-state index contributed by atoms with van der Waals surface area (Å²) < 4.78 is 7.47. The monoisotopic (exact) mass is 498 g/mol. The van der Waals surface area contributed by atoms with Gasteiger partial charge >= 0.3 is 6.09 Å². The number of alkyl carbamates (subject to hydrolysis) is 1. The molecule has 3 N–H and O–H groups in total. The number of aromatic nitrogens is 4. The second kappa shape index (κ2) is 9.24. The molecule has 1 aromatic heterocycles. The second-order valence-electron chi connectivity index (χ2n) is 10.2. The van der Waals surface area contributed by atoms with Gasteiger partial charge in [0, 0.05) is 52.9 Å². The third kappa shape index (κ3) is 4.84. The number of benzene rings is 2. The van der Waals surface area contributed by atoms with E-state index < -0.39 is 17.7 Å². The summed E-state index contributed by atoms with van der Waals surface area (Å²) in [7, 11) is 2.01. The maximum Gasteiger partial charge on any atom is 0.408 e. The molecule has 3 aromatic rings. The zero-order valence-corrected chi connectivity index (χ0v) is 21.5. The summed E-state index contributed by atoms with van der Waals surface area (Å²) in [6, 6.07) is 13.0. The van der Waals surface area contributed by atoms with Gasteiger partial charge in [0.25, 0.3) is 0 Å². The number of H-pyrrole nitrogens is 1. The fourth-order valence-electron chi connectivity index (χ4n) is 4.65. The van der Waals surface area contributed by atoms with Crippen molar-refractivity contribution in [2.75, 3.05) is 5.32 Å². The van der Waals surface area contributed by atoms with Crippen LogP contribution in [0.5, 0.6) is 0 Å². The number of carbonyl (C=O) groups excluding carboxylic acids is 2. The van der Waals surface area contributed by atoms with Crippen LogP contribution in [-0.4, -0.2) is 43.2 Å². The van der Waals surface area contributed by atoms with Crippen molar-refractivity contribution >= 4 is 39.5 Å².